The summed E-state index contributed by atoms with van der Waals surface area (Å²) in [5, 5.41) is 5.64. The van der Waals surface area contributed by atoms with Crippen molar-refractivity contribution >= 4 is 29.1 Å². The second-order valence-corrected chi connectivity index (χ2v) is 4.49. The first-order chi connectivity index (χ1) is 10.2. The molecule has 0 spiro atoms. The number of hydrogen-bond donors (Lipinski definition) is 2. The molecule has 1 aromatic heterocycles. The maximum atomic E-state index is 12.0. The third-order valence-corrected chi connectivity index (χ3v) is 2.77. The first kappa shape index (κ1) is 14.9. The Hall–Kier alpha value is -2.47. The Morgan fingerprint density at radius 3 is 2.62 bits per heavy atom. The molecule has 1 amide bonds. The predicted octanol–water partition coefficient (Wildman–Crippen LogP) is 2.61. The van der Waals surface area contributed by atoms with E-state index in [0.29, 0.717) is 18.0 Å². The van der Waals surface area contributed by atoms with E-state index in [0.717, 1.165) is 5.75 Å². The molecule has 108 valence electrons. The number of carbonyl (C=O) groups is 1. The van der Waals surface area contributed by atoms with Crippen LogP contribution in [0.5, 0.6) is 5.75 Å². The van der Waals surface area contributed by atoms with Crippen molar-refractivity contribution in [2.24, 2.45) is 0 Å². The third kappa shape index (κ3) is 4.54. The van der Waals surface area contributed by atoms with Crippen molar-refractivity contribution in [2.45, 2.75) is 6.92 Å². The largest absolute Gasteiger partial charge is 0.494 e. The lowest BCUT2D eigenvalue weighted by molar-refractivity contribution is 0.0977. The number of nitrogens with zero attached hydrogens (tertiary/aromatic N) is 1. The van der Waals surface area contributed by atoms with Gasteiger partial charge in [0.05, 0.1) is 6.61 Å². The van der Waals surface area contributed by atoms with Gasteiger partial charge in [0.25, 0.3) is 5.91 Å². The number of pyridine rings is 1. The van der Waals surface area contributed by atoms with Gasteiger partial charge in [-0.25, -0.2) is 4.98 Å². The Bertz CT molecular complexity index is 615. The van der Waals surface area contributed by atoms with Crippen LogP contribution >= 0.6 is 12.2 Å². The fraction of sp³-hybridized carbons (Fsp3) is 0.133. The molecule has 0 aliphatic rings. The highest BCUT2D eigenvalue weighted by molar-refractivity contribution is 7.80. The van der Waals surface area contributed by atoms with E-state index in [-0.39, 0.29) is 11.0 Å². The summed E-state index contributed by atoms with van der Waals surface area (Å²) in [6, 6.07) is 12.2. The maximum absolute atomic E-state index is 12.0. The number of anilines is 1. The van der Waals surface area contributed by atoms with E-state index in [1.807, 2.05) is 13.0 Å². The summed E-state index contributed by atoms with van der Waals surface area (Å²) in [6.07, 6.45) is 1.64. The zero-order valence-electron chi connectivity index (χ0n) is 11.5. The number of thiocarbonyl (C=S) groups is 1. The number of amides is 1. The summed E-state index contributed by atoms with van der Waals surface area (Å²) in [4.78, 5) is 16.1. The SMILES string of the molecule is CCOc1ccc(C(=O)NC(=S)Nc2ccccn2)cc1. The monoisotopic (exact) mass is 301 g/mol. The van der Waals surface area contributed by atoms with Crippen LogP contribution in [0.25, 0.3) is 0 Å². The molecule has 0 atom stereocenters. The van der Waals surface area contributed by atoms with Crippen LogP contribution in [-0.2, 0) is 0 Å². The number of ether oxygens (including phenoxy) is 1. The summed E-state index contributed by atoms with van der Waals surface area (Å²) in [5.74, 6) is 1.02. The van der Waals surface area contributed by atoms with Gasteiger partial charge in [-0.1, -0.05) is 6.07 Å². The van der Waals surface area contributed by atoms with Crippen molar-refractivity contribution in [1.82, 2.24) is 10.3 Å². The quantitative estimate of drug-likeness (QED) is 0.850. The molecular weight excluding hydrogens is 286 g/mol. The number of rotatable bonds is 4. The Labute approximate surface area is 128 Å². The summed E-state index contributed by atoms with van der Waals surface area (Å²) in [6.45, 7) is 2.49. The number of aromatic nitrogens is 1. The van der Waals surface area contributed by atoms with Crippen LogP contribution in [0.4, 0.5) is 5.82 Å². The molecule has 2 rings (SSSR count). The van der Waals surface area contributed by atoms with Gasteiger partial charge in [-0.2, -0.15) is 0 Å². The van der Waals surface area contributed by atoms with E-state index in [1.165, 1.54) is 0 Å². The summed E-state index contributed by atoms with van der Waals surface area (Å²) in [5.41, 5.74) is 0.503. The zero-order chi connectivity index (χ0) is 15.1. The van der Waals surface area contributed by atoms with Gasteiger partial charge in [0.15, 0.2) is 5.11 Å². The lowest BCUT2D eigenvalue weighted by atomic mass is 10.2. The predicted molar refractivity (Wildman–Crippen MR) is 85.5 cm³/mol. The van der Waals surface area contributed by atoms with Gasteiger partial charge in [-0.3, -0.25) is 10.1 Å². The molecule has 0 radical (unpaired) electrons. The minimum atomic E-state index is -0.286. The van der Waals surface area contributed by atoms with Gasteiger partial charge in [-0.05, 0) is 55.5 Å². The normalized spacial score (nSPS) is 9.76. The van der Waals surface area contributed by atoms with E-state index < -0.39 is 0 Å². The summed E-state index contributed by atoms with van der Waals surface area (Å²) >= 11 is 5.07. The van der Waals surface area contributed by atoms with Crippen molar-refractivity contribution in [3.05, 3.63) is 54.2 Å². The molecule has 2 aromatic rings. The second kappa shape index (κ2) is 7.35. The van der Waals surface area contributed by atoms with Crippen molar-refractivity contribution in [3.63, 3.8) is 0 Å². The van der Waals surface area contributed by atoms with E-state index in [2.05, 4.69) is 15.6 Å². The van der Waals surface area contributed by atoms with E-state index in [4.69, 9.17) is 17.0 Å². The molecule has 0 saturated carbocycles. The van der Waals surface area contributed by atoms with Crippen LogP contribution in [0, 0.1) is 0 Å². The molecule has 1 aromatic carbocycles. The summed E-state index contributed by atoms with van der Waals surface area (Å²) < 4.78 is 5.32. The first-order valence-electron chi connectivity index (χ1n) is 6.45. The molecule has 0 bridgehead atoms. The van der Waals surface area contributed by atoms with E-state index in [9.17, 15) is 4.79 Å². The topological polar surface area (TPSA) is 63.2 Å². The molecule has 5 nitrogen and oxygen atoms in total. The van der Waals surface area contributed by atoms with Crippen molar-refractivity contribution in [2.75, 3.05) is 11.9 Å². The van der Waals surface area contributed by atoms with Crippen molar-refractivity contribution in [3.8, 4) is 5.75 Å². The highest BCUT2D eigenvalue weighted by atomic mass is 32.1. The molecule has 0 unspecified atom stereocenters. The Balaban J connectivity index is 1.93. The molecule has 0 fully saturated rings. The lowest BCUT2D eigenvalue weighted by Gasteiger charge is -2.09. The molecule has 21 heavy (non-hydrogen) atoms. The molecule has 0 aliphatic carbocycles. The maximum Gasteiger partial charge on any atom is 0.257 e. The highest BCUT2D eigenvalue weighted by Crippen LogP contribution is 2.12. The van der Waals surface area contributed by atoms with Crippen LogP contribution in [0.15, 0.2) is 48.7 Å². The minimum absolute atomic E-state index is 0.201. The van der Waals surface area contributed by atoms with Crippen LogP contribution in [0.2, 0.25) is 0 Å². The zero-order valence-corrected chi connectivity index (χ0v) is 12.3. The molecule has 0 saturated heterocycles. The molecule has 1 heterocycles. The molecule has 2 N–H and O–H groups in total. The highest BCUT2D eigenvalue weighted by Gasteiger charge is 2.08. The fourth-order valence-corrected chi connectivity index (χ4v) is 1.83. The van der Waals surface area contributed by atoms with Crippen molar-refractivity contribution in [1.29, 1.82) is 0 Å². The van der Waals surface area contributed by atoms with E-state index in [1.54, 1.807) is 42.6 Å². The van der Waals surface area contributed by atoms with Crippen LogP contribution in [-0.4, -0.2) is 22.6 Å². The second-order valence-electron chi connectivity index (χ2n) is 4.08. The van der Waals surface area contributed by atoms with Gasteiger partial charge in [0, 0.05) is 11.8 Å². The van der Waals surface area contributed by atoms with Gasteiger partial charge >= 0.3 is 0 Å². The molecule has 0 aliphatic heterocycles. The Morgan fingerprint density at radius 2 is 2.00 bits per heavy atom. The third-order valence-electron chi connectivity index (χ3n) is 2.56. The Morgan fingerprint density at radius 1 is 1.24 bits per heavy atom. The first-order valence-corrected chi connectivity index (χ1v) is 6.86. The number of benzene rings is 1. The van der Waals surface area contributed by atoms with Crippen LogP contribution in [0.1, 0.15) is 17.3 Å². The van der Waals surface area contributed by atoms with Gasteiger partial charge < -0.3 is 10.1 Å². The lowest BCUT2D eigenvalue weighted by Crippen LogP contribution is -2.34. The van der Waals surface area contributed by atoms with Crippen LogP contribution < -0.4 is 15.4 Å². The fourth-order valence-electron chi connectivity index (χ4n) is 1.63. The molecule has 6 heteroatoms. The molecular formula is C15H15N3O2S. The average molecular weight is 301 g/mol. The number of nitrogens with one attached hydrogen (secondary N) is 2. The standard InChI is InChI=1S/C15H15N3O2S/c1-2-20-12-8-6-11(7-9-12)14(19)18-15(21)17-13-5-3-4-10-16-13/h3-10H,2H2,1H3,(H2,16,17,18,19,21). The average Bonchev–Trinajstić information content (AvgIpc) is 2.49. The number of carbonyl (C=O) groups excluding carboxylic acids is 1. The van der Waals surface area contributed by atoms with Gasteiger partial charge in [0.2, 0.25) is 0 Å². The Kier molecular flexibility index (Phi) is 5.22. The van der Waals surface area contributed by atoms with E-state index >= 15 is 0 Å². The smallest absolute Gasteiger partial charge is 0.257 e. The van der Waals surface area contributed by atoms with Crippen molar-refractivity contribution < 1.29 is 9.53 Å². The van der Waals surface area contributed by atoms with Gasteiger partial charge in [-0.15, -0.1) is 0 Å². The number of hydrogen-bond acceptors (Lipinski definition) is 4. The minimum Gasteiger partial charge on any atom is -0.494 e. The van der Waals surface area contributed by atoms with Crippen LogP contribution in [0.3, 0.4) is 0 Å². The van der Waals surface area contributed by atoms with Gasteiger partial charge in [0.1, 0.15) is 11.6 Å². The summed E-state index contributed by atoms with van der Waals surface area (Å²) in [7, 11) is 0.